The van der Waals surface area contributed by atoms with Crippen LogP contribution in [-0.4, -0.2) is 60.0 Å². The Labute approximate surface area is 221 Å². The molecular weight excluding hydrogens is 488 g/mol. The summed E-state index contributed by atoms with van der Waals surface area (Å²) < 4.78 is 11.7. The lowest BCUT2D eigenvalue weighted by Crippen LogP contribution is -2.47. The minimum atomic E-state index is -0.713. The average Bonchev–Trinajstić information content (AvgIpc) is 3.57. The first kappa shape index (κ1) is 25.8. The van der Waals surface area contributed by atoms with Crippen LogP contribution in [0.1, 0.15) is 53.3 Å². The summed E-state index contributed by atoms with van der Waals surface area (Å²) in [7, 11) is 0. The van der Waals surface area contributed by atoms with E-state index in [0.29, 0.717) is 36.9 Å². The van der Waals surface area contributed by atoms with Crippen molar-refractivity contribution >= 4 is 39.0 Å². The van der Waals surface area contributed by atoms with Crippen LogP contribution in [0.4, 0.5) is 11.5 Å². The number of aryl methyl sites for hydroxylation is 2. The zero-order valence-electron chi connectivity index (χ0n) is 21.8. The van der Waals surface area contributed by atoms with Crippen molar-refractivity contribution in [2.45, 2.75) is 64.3 Å². The Morgan fingerprint density at radius 2 is 1.97 bits per heavy atom. The molecule has 10 heteroatoms. The number of aromatic nitrogens is 2. The molecule has 0 radical (unpaired) electrons. The van der Waals surface area contributed by atoms with Crippen LogP contribution in [0, 0.1) is 6.92 Å². The molecule has 3 aromatic heterocycles. The quantitative estimate of drug-likeness (QED) is 0.477. The van der Waals surface area contributed by atoms with Gasteiger partial charge in [0, 0.05) is 29.4 Å². The summed E-state index contributed by atoms with van der Waals surface area (Å²) in [6, 6.07) is 7.82. The number of hydrogen-bond donors (Lipinski definition) is 3. The number of thiophene rings is 1. The molecule has 198 valence electrons. The van der Waals surface area contributed by atoms with Gasteiger partial charge in [0.2, 0.25) is 5.79 Å². The van der Waals surface area contributed by atoms with Crippen LogP contribution in [0.15, 0.2) is 24.3 Å². The van der Waals surface area contributed by atoms with Gasteiger partial charge in [-0.25, -0.2) is 9.97 Å². The third-order valence-electron chi connectivity index (χ3n) is 7.02. The summed E-state index contributed by atoms with van der Waals surface area (Å²) >= 11 is 1.35. The predicted octanol–water partition coefficient (Wildman–Crippen LogP) is 3.18. The summed E-state index contributed by atoms with van der Waals surface area (Å²) in [6.07, 6.45) is 3.62. The highest BCUT2D eigenvalue weighted by Gasteiger charge is 2.50. The highest BCUT2D eigenvalue weighted by Crippen LogP contribution is 2.34. The molecule has 0 aromatic carbocycles. The number of pyridine rings is 2. The second-order valence-electron chi connectivity index (χ2n) is 10.0. The largest absolute Gasteiger partial charge is 0.397 e. The Kier molecular flexibility index (Phi) is 7.35. The summed E-state index contributed by atoms with van der Waals surface area (Å²) in [5.41, 5.74) is 16.2. The Balaban J connectivity index is 0.000000892. The van der Waals surface area contributed by atoms with E-state index in [1.54, 1.807) is 0 Å². The summed E-state index contributed by atoms with van der Waals surface area (Å²) in [5, 5.41) is 4.01. The van der Waals surface area contributed by atoms with Crippen molar-refractivity contribution < 1.29 is 14.3 Å². The number of nitrogens with two attached hydrogens (primary N) is 2. The maximum atomic E-state index is 13.0. The van der Waals surface area contributed by atoms with Gasteiger partial charge >= 0.3 is 0 Å². The molecule has 1 amide bonds. The Morgan fingerprint density at radius 3 is 2.73 bits per heavy atom. The third kappa shape index (κ3) is 5.03. The first-order valence-corrected chi connectivity index (χ1v) is 13.9. The number of ether oxygens (including phenoxy) is 2. The minimum absolute atomic E-state index is 0.0377. The number of rotatable bonds is 3. The van der Waals surface area contributed by atoms with Gasteiger partial charge in [0.25, 0.3) is 5.91 Å². The predicted molar refractivity (Wildman–Crippen MR) is 147 cm³/mol. The van der Waals surface area contributed by atoms with Gasteiger partial charge in [0.15, 0.2) is 0 Å². The fourth-order valence-electron chi connectivity index (χ4n) is 5.18. The fourth-order valence-corrected chi connectivity index (χ4v) is 6.23. The van der Waals surface area contributed by atoms with Gasteiger partial charge < -0.3 is 31.2 Å². The van der Waals surface area contributed by atoms with Crippen LogP contribution in [0.25, 0.3) is 10.2 Å². The molecule has 0 bridgehead atoms. The van der Waals surface area contributed by atoms with Crippen molar-refractivity contribution in [1.82, 2.24) is 15.3 Å². The number of carbonyl (C=O) groups is 1. The van der Waals surface area contributed by atoms with Gasteiger partial charge in [-0.2, -0.15) is 0 Å². The second kappa shape index (κ2) is 10.5. The average molecular weight is 525 g/mol. The molecule has 9 nitrogen and oxygen atoms in total. The zero-order valence-corrected chi connectivity index (χ0v) is 22.6. The lowest BCUT2D eigenvalue weighted by molar-refractivity contribution is -0.147. The van der Waals surface area contributed by atoms with Crippen LogP contribution in [0.2, 0.25) is 0 Å². The number of hydrogen-bond acceptors (Lipinski definition) is 9. The molecule has 1 spiro atoms. The van der Waals surface area contributed by atoms with Crippen molar-refractivity contribution in [2.24, 2.45) is 5.73 Å². The maximum Gasteiger partial charge on any atom is 0.263 e. The molecule has 5 heterocycles. The standard InChI is InChI=1S/C24H28N6O3S.C3H8/c1-13-2-5-16-20(26)21(34-23(16)27-13)22(31)28-15-4-6-17-14(10-15)3-7-19(29-17)30-11-18(25)24(12-30)32-8-9-33-24;1-3-2/h2-3,5,7,15,18H,4,6,8-12,25-26H2,1H3,(H,28,31);3H2,1-2H3. The number of nitrogen functional groups attached to an aromatic ring is 1. The normalized spacial score (nSPS) is 22.1. The number of fused-ring (bicyclic) bond motifs is 2. The number of carbonyl (C=O) groups excluding carboxylic acids is 1. The maximum absolute atomic E-state index is 13.0. The fraction of sp³-hybridized carbons (Fsp3) is 0.519. The van der Waals surface area contributed by atoms with Crippen LogP contribution in [0.3, 0.4) is 0 Å². The van der Waals surface area contributed by atoms with E-state index in [9.17, 15) is 4.79 Å². The van der Waals surface area contributed by atoms with E-state index in [1.165, 1.54) is 17.8 Å². The highest BCUT2D eigenvalue weighted by molar-refractivity contribution is 7.21. The Morgan fingerprint density at radius 1 is 1.22 bits per heavy atom. The van der Waals surface area contributed by atoms with Gasteiger partial charge in [-0.3, -0.25) is 4.79 Å². The molecule has 0 saturated carbocycles. The van der Waals surface area contributed by atoms with Gasteiger partial charge in [-0.05, 0) is 49.9 Å². The number of anilines is 2. The van der Waals surface area contributed by atoms with E-state index in [0.717, 1.165) is 52.2 Å². The first-order valence-electron chi connectivity index (χ1n) is 13.1. The molecule has 3 aliphatic rings. The lowest BCUT2D eigenvalue weighted by atomic mass is 9.91. The number of nitrogens with one attached hydrogen (secondary N) is 1. The van der Waals surface area contributed by atoms with Gasteiger partial charge in [-0.15, -0.1) is 11.3 Å². The van der Waals surface area contributed by atoms with Gasteiger partial charge in [0.05, 0.1) is 31.5 Å². The molecule has 2 atom stereocenters. The number of nitrogens with zero attached hydrogens (tertiary/aromatic N) is 3. The van der Waals surface area contributed by atoms with Crippen LogP contribution < -0.4 is 21.7 Å². The molecular formula is C27H36N6O3S. The molecule has 37 heavy (non-hydrogen) atoms. The molecule has 2 aliphatic heterocycles. The smallest absolute Gasteiger partial charge is 0.263 e. The molecule has 2 unspecified atom stereocenters. The molecule has 3 aromatic rings. The van der Waals surface area contributed by atoms with E-state index in [-0.39, 0.29) is 18.0 Å². The van der Waals surface area contributed by atoms with E-state index in [4.69, 9.17) is 25.9 Å². The van der Waals surface area contributed by atoms with Crippen molar-refractivity contribution in [3.05, 3.63) is 46.1 Å². The van der Waals surface area contributed by atoms with E-state index >= 15 is 0 Å². The number of amides is 1. The van der Waals surface area contributed by atoms with E-state index in [1.807, 2.05) is 25.1 Å². The zero-order chi connectivity index (χ0) is 26.2. The van der Waals surface area contributed by atoms with Gasteiger partial charge in [-0.1, -0.05) is 26.3 Å². The molecule has 2 fully saturated rings. The van der Waals surface area contributed by atoms with Crippen LogP contribution >= 0.6 is 11.3 Å². The highest BCUT2D eigenvalue weighted by atomic mass is 32.1. The minimum Gasteiger partial charge on any atom is -0.397 e. The second-order valence-corrected chi connectivity index (χ2v) is 11.0. The lowest BCUT2D eigenvalue weighted by Gasteiger charge is -2.27. The van der Waals surface area contributed by atoms with Crippen molar-refractivity contribution in [3.8, 4) is 0 Å². The Hall–Kier alpha value is -2.79. The van der Waals surface area contributed by atoms with Crippen molar-refractivity contribution in [2.75, 3.05) is 36.9 Å². The van der Waals surface area contributed by atoms with Crippen molar-refractivity contribution in [3.63, 3.8) is 0 Å². The van der Waals surface area contributed by atoms with Crippen LogP contribution in [-0.2, 0) is 22.3 Å². The third-order valence-corrected chi connectivity index (χ3v) is 8.13. The van der Waals surface area contributed by atoms with Gasteiger partial charge in [0.1, 0.15) is 15.5 Å². The monoisotopic (exact) mass is 524 g/mol. The van der Waals surface area contributed by atoms with E-state index < -0.39 is 5.79 Å². The summed E-state index contributed by atoms with van der Waals surface area (Å²) in [5.74, 6) is 0.0490. The summed E-state index contributed by atoms with van der Waals surface area (Å²) in [6.45, 7) is 8.57. The Bertz CT molecular complexity index is 1290. The first-order chi connectivity index (χ1) is 17.8. The molecule has 2 saturated heterocycles. The molecule has 1 aliphatic carbocycles. The SMILES string of the molecule is CCC.Cc1ccc2c(N)c(C(=O)NC3CCc4nc(N5CC(N)C6(C5)OCCO6)ccc4C3)sc2n1. The molecule has 5 N–H and O–H groups in total. The topological polar surface area (TPSA) is 129 Å². The van der Waals surface area contributed by atoms with Crippen LogP contribution in [0.5, 0.6) is 0 Å². The van der Waals surface area contributed by atoms with E-state index in [2.05, 4.69) is 35.1 Å². The summed E-state index contributed by atoms with van der Waals surface area (Å²) in [4.78, 5) is 25.9. The van der Waals surface area contributed by atoms with Crippen molar-refractivity contribution in [1.29, 1.82) is 0 Å². The molecule has 6 rings (SSSR count).